The highest BCUT2D eigenvalue weighted by Gasteiger charge is 2.24. The van der Waals surface area contributed by atoms with Crippen LogP contribution in [0, 0.1) is 10.1 Å². The number of nitro benzene ring substituents is 1. The maximum absolute atomic E-state index is 12.1. The maximum Gasteiger partial charge on any atom is 0.296 e. The predicted octanol–water partition coefficient (Wildman–Crippen LogP) is 1.42. The van der Waals surface area contributed by atoms with Crippen LogP contribution in [0.15, 0.2) is 17.5 Å². The predicted molar refractivity (Wildman–Crippen MR) is 81.6 cm³/mol. The monoisotopic (exact) mass is 336 g/mol. The lowest BCUT2D eigenvalue weighted by atomic mass is 10.2. The number of ether oxygens (including phenoxy) is 2. The number of rotatable bonds is 5. The van der Waals surface area contributed by atoms with Gasteiger partial charge < -0.3 is 20.5 Å². The zero-order valence-electron chi connectivity index (χ0n) is 11.8. The number of nitro groups is 1. The molecule has 1 aliphatic rings. The first-order valence-corrected chi connectivity index (χ1v) is 7.46. The lowest BCUT2D eigenvalue weighted by Crippen LogP contribution is -2.15. The smallest absolute Gasteiger partial charge is 0.296 e. The van der Waals surface area contributed by atoms with Crippen molar-refractivity contribution in [3.8, 4) is 11.5 Å². The van der Waals surface area contributed by atoms with Crippen LogP contribution < -0.4 is 20.5 Å². The van der Waals surface area contributed by atoms with Crippen LogP contribution in [0.3, 0.4) is 0 Å². The minimum Gasteiger partial charge on any atom is -0.454 e. The van der Waals surface area contributed by atoms with Gasteiger partial charge in [-0.2, -0.15) is 0 Å². The lowest BCUT2D eigenvalue weighted by molar-refractivity contribution is -0.384. The fraction of sp³-hybridized carbons (Fsp3) is 0.231. The van der Waals surface area contributed by atoms with Gasteiger partial charge in [-0.3, -0.25) is 14.9 Å². The fourth-order valence-electron chi connectivity index (χ4n) is 2.07. The van der Waals surface area contributed by atoms with E-state index in [1.165, 1.54) is 23.5 Å². The van der Waals surface area contributed by atoms with E-state index in [0.717, 1.165) is 5.01 Å². The van der Waals surface area contributed by atoms with E-state index in [0.29, 0.717) is 18.0 Å². The van der Waals surface area contributed by atoms with Crippen molar-refractivity contribution >= 4 is 28.6 Å². The first kappa shape index (κ1) is 15.2. The van der Waals surface area contributed by atoms with E-state index in [1.807, 2.05) is 0 Å². The third-order valence-corrected chi connectivity index (χ3v) is 4.00. The molecule has 0 atom stereocenters. The Morgan fingerprint density at radius 3 is 2.83 bits per heavy atom. The number of fused-ring (bicyclic) bond motifs is 1. The normalized spacial score (nSPS) is 12.2. The Morgan fingerprint density at radius 2 is 2.17 bits per heavy atom. The molecule has 10 heteroatoms. The van der Waals surface area contributed by atoms with E-state index in [9.17, 15) is 14.9 Å². The van der Waals surface area contributed by atoms with Crippen molar-refractivity contribution in [2.24, 2.45) is 5.73 Å². The molecular formula is C13H12N4O5S. The summed E-state index contributed by atoms with van der Waals surface area (Å²) in [5.41, 5.74) is 5.83. The van der Waals surface area contributed by atoms with Crippen LogP contribution in [0.5, 0.6) is 11.5 Å². The average molecular weight is 336 g/mol. The van der Waals surface area contributed by atoms with Crippen LogP contribution >= 0.6 is 11.3 Å². The highest BCUT2D eigenvalue weighted by Crippen LogP contribution is 2.40. The maximum atomic E-state index is 12.1. The molecule has 0 bridgehead atoms. The van der Waals surface area contributed by atoms with Crippen LogP contribution in [0.25, 0.3) is 0 Å². The molecule has 2 aromatic rings. The minimum absolute atomic E-state index is 0.00208. The summed E-state index contributed by atoms with van der Waals surface area (Å²) in [5.74, 6) is 0.215. The lowest BCUT2D eigenvalue weighted by Gasteiger charge is -2.06. The standard InChI is InChI=1S/C13H12N4O5S/c14-4-13-15-7(5-23-13)1-12(18)16-8-2-10-11(22-6-21-10)3-9(8)17(19)20/h2-3,5H,1,4,6,14H2,(H,16,18). The third-order valence-electron chi connectivity index (χ3n) is 3.08. The summed E-state index contributed by atoms with van der Waals surface area (Å²) >= 11 is 1.36. The van der Waals surface area contributed by atoms with Crippen molar-refractivity contribution < 1.29 is 19.2 Å². The average Bonchev–Trinajstić information content (AvgIpc) is 3.14. The molecule has 0 aliphatic carbocycles. The Hall–Kier alpha value is -2.72. The van der Waals surface area contributed by atoms with Gasteiger partial charge in [-0.15, -0.1) is 11.3 Å². The fourth-order valence-corrected chi connectivity index (χ4v) is 2.74. The zero-order chi connectivity index (χ0) is 16.4. The minimum atomic E-state index is -0.590. The molecule has 9 nitrogen and oxygen atoms in total. The number of benzene rings is 1. The second-order valence-electron chi connectivity index (χ2n) is 4.64. The highest BCUT2D eigenvalue weighted by molar-refractivity contribution is 7.09. The van der Waals surface area contributed by atoms with Crippen LogP contribution in [0.2, 0.25) is 0 Å². The van der Waals surface area contributed by atoms with Crippen molar-refractivity contribution in [3.63, 3.8) is 0 Å². The van der Waals surface area contributed by atoms with Gasteiger partial charge in [-0.25, -0.2) is 4.98 Å². The molecule has 120 valence electrons. The molecule has 23 heavy (non-hydrogen) atoms. The number of hydrogen-bond donors (Lipinski definition) is 2. The zero-order valence-corrected chi connectivity index (χ0v) is 12.6. The van der Waals surface area contributed by atoms with Crippen LogP contribution in [0.4, 0.5) is 11.4 Å². The van der Waals surface area contributed by atoms with E-state index in [2.05, 4.69) is 10.3 Å². The van der Waals surface area contributed by atoms with Gasteiger partial charge in [-0.05, 0) is 0 Å². The summed E-state index contributed by atoms with van der Waals surface area (Å²) in [6.45, 7) is 0.296. The summed E-state index contributed by atoms with van der Waals surface area (Å²) in [7, 11) is 0. The Kier molecular flexibility index (Phi) is 4.08. The van der Waals surface area contributed by atoms with Crippen LogP contribution in [0.1, 0.15) is 10.7 Å². The molecule has 0 fully saturated rings. The molecule has 0 saturated carbocycles. The Balaban J connectivity index is 1.78. The molecule has 0 spiro atoms. The van der Waals surface area contributed by atoms with Gasteiger partial charge in [0.25, 0.3) is 5.69 Å². The summed E-state index contributed by atoms with van der Waals surface area (Å²) in [5, 5.41) is 16.1. The van der Waals surface area contributed by atoms with Crippen molar-refractivity contribution in [1.29, 1.82) is 0 Å². The van der Waals surface area contributed by atoms with Gasteiger partial charge in [0.15, 0.2) is 11.5 Å². The number of hydrogen-bond acceptors (Lipinski definition) is 8. The van der Waals surface area contributed by atoms with Gasteiger partial charge in [-0.1, -0.05) is 0 Å². The first-order valence-electron chi connectivity index (χ1n) is 6.58. The molecule has 1 aromatic heterocycles. The molecule has 0 saturated heterocycles. The van der Waals surface area contributed by atoms with Gasteiger partial charge in [0.05, 0.1) is 23.1 Å². The number of amides is 1. The van der Waals surface area contributed by atoms with E-state index in [1.54, 1.807) is 5.38 Å². The second kappa shape index (κ2) is 6.18. The van der Waals surface area contributed by atoms with Crippen molar-refractivity contribution in [2.45, 2.75) is 13.0 Å². The number of nitrogens with zero attached hydrogens (tertiary/aromatic N) is 2. The van der Waals surface area contributed by atoms with E-state index < -0.39 is 10.8 Å². The third kappa shape index (κ3) is 3.22. The molecule has 3 rings (SSSR count). The SMILES string of the molecule is NCc1nc(CC(=O)Nc2cc3c(cc2[N+](=O)[O-])OCO3)cs1. The van der Waals surface area contributed by atoms with Gasteiger partial charge in [0.2, 0.25) is 12.7 Å². The number of carbonyl (C=O) groups excluding carboxylic acids is 1. The molecule has 2 heterocycles. The van der Waals surface area contributed by atoms with E-state index >= 15 is 0 Å². The Bertz CT molecular complexity index is 776. The quantitative estimate of drug-likeness (QED) is 0.624. The van der Waals surface area contributed by atoms with Crippen molar-refractivity contribution in [2.75, 3.05) is 12.1 Å². The summed E-state index contributed by atoms with van der Waals surface area (Å²) < 4.78 is 10.3. The molecule has 1 aliphatic heterocycles. The van der Waals surface area contributed by atoms with Gasteiger partial charge in [0, 0.05) is 18.0 Å². The molecule has 0 unspecified atom stereocenters. The number of thiazole rings is 1. The molecule has 0 radical (unpaired) electrons. The van der Waals surface area contributed by atoms with Gasteiger partial charge >= 0.3 is 0 Å². The van der Waals surface area contributed by atoms with Crippen molar-refractivity contribution in [3.05, 3.63) is 38.3 Å². The summed E-state index contributed by atoms with van der Waals surface area (Å²) in [4.78, 5) is 26.8. The Morgan fingerprint density at radius 1 is 1.43 bits per heavy atom. The number of aromatic nitrogens is 1. The number of nitrogens with two attached hydrogens (primary N) is 1. The van der Waals surface area contributed by atoms with Crippen LogP contribution in [-0.2, 0) is 17.8 Å². The largest absolute Gasteiger partial charge is 0.454 e. The van der Waals surface area contributed by atoms with Gasteiger partial charge in [0.1, 0.15) is 10.7 Å². The second-order valence-corrected chi connectivity index (χ2v) is 5.58. The molecule has 1 aromatic carbocycles. The Labute approximate surface area is 134 Å². The van der Waals surface area contributed by atoms with E-state index in [4.69, 9.17) is 15.2 Å². The number of carbonyl (C=O) groups is 1. The van der Waals surface area contributed by atoms with Crippen molar-refractivity contribution in [1.82, 2.24) is 4.98 Å². The first-order chi connectivity index (χ1) is 11.1. The summed E-state index contributed by atoms with van der Waals surface area (Å²) in [6.07, 6.45) is 0.00208. The number of anilines is 1. The number of nitrogens with one attached hydrogen (secondary N) is 1. The highest BCUT2D eigenvalue weighted by atomic mass is 32.1. The topological polar surface area (TPSA) is 130 Å². The summed E-state index contributed by atoms with van der Waals surface area (Å²) in [6, 6.07) is 2.61. The molecule has 3 N–H and O–H groups in total. The molecular weight excluding hydrogens is 324 g/mol. The van der Waals surface area contributed by atoms with E-state index in [-0.39, 0.29) is 30.3 Å². The molecule has 1 amide bonds. The van der Waals surface area contributed by atoms with Crippen LogP contribution in [-0.4, -0.2) is 22.6 Å².